The fourth-order valence-corrected chi connectivity index (χ4v) is 1.59. The smallest absolute Gasteiger partial charge is 0.104 e. The molecule has 0 aliphatic heterocycles. The van der Waals surface area contributed by atoms with Crippen molar-refractivity contribution in [2.75, 3.05) is 18.1 Å². The Balaban J connectivity index is 3.36. The standard InChI is InChI=1S/C9H20N2S/c1-4-5-11-9(10)7-12-6-8(2)3/h8H,4-7H2,1-3H3,(H2,10,11). The summed E-state index contributed by atoms with van der Waals surface area (Å²) in [5, 5.41) is 0. The van der Waals surface area contributed by atoms with E-state index in [2.05, 4.69) is 25.8 Å². The molecule has 0 saturated heterocycles. The largest absolute Gasteiger partial charge is 0.387 e. The van der Waals surface area contributed by atoms with Crippen molar-refractivity contribution in [1.82, 2.24) is 0 Å². The zero-order valence-electron chi connectivity index (χ0n) is 8.34. The lowest BCUT2D eigenvalue weighted by atomic mass is 10.3. The van der Waals surface area contributed by atoms with Gasteiger partial charge < -0.3 is 5.73 Å². The van der Waals surface area contributed by atoms with Gasteiger partial charge in [0.15, 0.2) is 0 Å². The van der Waals surface area contributed by atoms with Crippen LogP contribution in [-0.4, -0.2) is 23.9 Å². The zero-order chi connectivity index (χ0) is 9.40. The summed E-state index contributed by atoms with van der Waals surface area (Å²) in [5.41, 5.74) is 5.68. The first-order valence-electron chi connectivity index (χ1n) is 4.53. The van der Waals surface area contributed by atoms with Crippen molar-refractivity contribution in [3.05, 3.63) is 0 Å². The van der Waals surface area contributed by atoms with Gasteiger partial charge in [-0.05, 0) is 18.1 Å². The van der Waals surface area contributed by atoms with Gasteiger partial charge in [0.1, 0.15) is 5.84 Å². The Morgan fingerprint density at radius 1 is 1.50 bits per heavy atom. The van der Waals surface area contributed by atoms with E-state index in [0.717, 1.165) is 30.5 Å². The van der Waals surface area contributed by atoms with Gasteiger partial charge in [-0.2, -0.15) is 11.8 Å². The molecule has 0 aliphatic carbocycles. The minimum Gasteiger partial charge on any atom is -0.387 e. The van der Waals surface area contributed by atoms with Crippen molar-refractivity contribution >= 4 is 17.6 Å². The molecule has 0 aromatic heterocycles. The average molecular weight is 188 g/mol. The fourth-order valence-electron chi connectivity index (χ4n) is 0.700. The Morgan fingerprint density at radius 3 is 2.67 bits per heavy atom. The lowest BCUT2D eigenvalue weighted by Crippen LogP contribution is -2.16. The molecule has 0 rings (SSSR count). The van der Waals surface area contributed by atoms with Crippen molar-refractivity contribution in [2.24, 2.45) is 16.6 Å². The lowest BCUT2D eigenvalue weighted by molar-refractivity contribution is 0.751. The first-order valence-corrected chi connectivity index (χ1v) is 5.68. The summed E-state index contributed by atoms with van der Waals surface area (Å²) in [5.74, 6) is 3.59. The normalized spacial score (nSPS) is 12.5. The molecule has 72 valence electrons. The SMILES string of the molecule is CCCN=C(N)CSCC(C)C. The van der Waals surface area contributed by atoms with E-state index in [9.17, 15) is 0 Å². The van der Waals surface area contributed by atoms with Gasteiger partial charge in [-0.3, -0.25) is 4.99 Å². The predicted molar refractivity (Wildman–Crippen MR) is 58.9 cm³/mol. The van der Waals surface area contributed by atoms with Gasteiger partial charge in [-0.15, -0.1) is 0 Å². The zero-order valence-corrected chi connectivity index (χ0v) is 9.16. The van der Waals surface area contributed by atoms with E-state index in [1.807, 2.05) is 11.8 Å². The summed E-state index contributed by atoms with van der Waals surface area (Å²) in [6, 6.07) is 0. The van der Waals surface area contributed by atoms with E-state index in [0.29, 0.717) is 0 Å². The summed E-state index contributed by atoms with van der Waals surface area (Å²) < 4.78 is 0. The molecule has 0 aromatic rings. The Labute approximate surface area is 80.0 Å². The second-order valence-corrected chi connectivity index (χ2v) is 4.31. The minimum absolute atomic E-state index is 0.744. The summed E-state index contributed by atoms with van der Waals surface area (Å²) >= 11 is 1.86. The van der Waals surface area contributed by atoms with Gasteiger partial charge in [0.25, 0.3) is 0 Å². The number of thioether (sulfide) groups is 1. The quantitative estimate of drug-likeness (QED) is 0.512. The molecule has 2 N–H and O–H groups in total. The first-order chi connectivity index (χ1) is 5.66. The van der Waals surface area contributed by atoms with Crippen LogP contribution in [0.2, 0.25) is 0 Å². The molecular weight excluding hydrogens is 168 g/mol. The van der Waals surface area contributed by atoms with Crippen LogP contribution in [0, 0.1) is 5.92 Å². The molecule has 12 heavy (non-hydrogen) atoms. The lowest BCUT2D eigenvalue weighted by Gasteiger charge is -2.03. The van der Waals surface area contributed by atoms with Crippen LogP contribution in [0.15, 0.2) is 4.99 Å². The van der Waals surface area contributed by atoms with E-state index < -0.39 is 0 Å². The monoisotopic (exact) mass is 188 g/mol. The third-order valence-electron chi connectivity index (χ3n) is 1.24. The fraction of sp³-hybridized carbons (Fsp3) is 0.889. The number of nitrogens with zero attached hydrogens (tertiary/aromatic N) is 1. The third kappa shape index (κ3) is 7.92. The summed E-state index contributed by atoms with van der Waals surface area (Å²) in [6.07, 6.45) is 1.08. The second kappa shape index (κ2) is 7.47. The van der Waals surface area contributed by atoms with Crippen molar-refractivity contribution in [1.29, 1.82) is 0 Å². The third-order valence-corrected chi connectivity index (χ3v) is 2.64. The number of rotatable bonds is 6. The Morgan fingerprint density at radius 2 is 2.17 bits per heavy atom. The minimum atomic E-state index is 0.744. The maximum atomic E-state index is 5.68. The van der Waals surface area contributed by atoms with Gasteiger partial charge in [0, 0.05) is 6.54 Å². The molecule has 0 fully saturated rings. The predicted octanol–water partition coefficient (Wildman–Crippen LogP) is 2.14. The van der Waals surface area contributed by atoms with Crippen LogP contribution >= 0.6 is 11.8 Å². The van der Waals surface area contributed by atoms with Crippen LogP contribution in [-0.2, 0) is 0 Å². The van der Waals surface area contributed by atoms with Crippen LogP contribution < -0.4 is 5.73 Å². The maximum absolute atomic E-state index is 5.68. The molecule has 0 spiro atoms. The highest BCUT2D eigenvalue weighted by molar-refractivity contribution is 7.99. The second-order valence-electron chi connectivity index (χ2n) is 3.28. The first kappa shape index (κ1) is 11.8. The summed E-state index contributed by atoms with van der Waals surface area (Å²) in [6.45, 7) is 7.41. The van der Waals surface area contributed by atoms with Crippen LogP contribution in [0.25, 0.3) is 0 Å². The van der Waals surface area contributed by atoms with Gasteiger partial charge in [0.05, 0.1) is 5.75 Å². The molecule has 3 heteroatoms. The van der Waals surface area contributed by atoms with Crippen LogP contribution in [0.1, 0.15) is 27.2 Å². The van der Waals surface area contributed by atoms with E-state index in [-0.39, 0.29) is 0 Å². The van der Waals surface area contributed by atoms with Gasteiger partial charge in [-0.25, -0.2) is 0 Å². The molecular formula is C9H20N2S. The molecule has 0 bridgehead atoms. The Kier molecular flexibility index (Phi) is 7.36. The highest BCUT2D eigenvalue weighted by Gasteiger charge is 1.96. The number of amidine groups is 1. The van der Waals surface area contributed by atoms with Crippen molar-refractivity contribution in [3.63, 3.8) is 0 Å². The molecule has 0 aliphatic rings. The number of hydrogen-bond donors (Lipinski definition) is 1. The molecule has 0 aromatic carbocycles. The summed E-state index contributed by atoms with van der Waals surface area (Å²) in [4.78, 5) is 4.21. The van der Waals surface area contributed by atoms with E-state index in [4.69, 9.17) is 5.73 Å². The van der Waals surface area contributed by atoms with Gasteiger partial charge >= 0.3 is 0 Å². The molecule has 0 unspecified atom stereocenters. The number of nitrogens with two attached hydrogens (primary N) is 1. The van der Waals surface area contributed by atoms with Gasteiger partial charge in [0.2, 0.25) is 0 Å². The topological polar surface area (TPSA) is 38.4 Å². The van der Waals surface area contributed by atoms with Gasteiger partial charge in [-0.1, -0.05) is 20.8 Å². The van der Waals surface area contributed by atoms with Crippen LogP contribution in [0.5, 0.6) is 0 Å². The van der Waals surface area contributed by atoms with E-state index >= 15 is 0 Å². The highest BCUT2D eigenvalue weighted by Crippen LogP contribution is 2.06. The van der Waals surface area contributed by atoms with Crippen LogP contribution in [0.4, 0.5) is 0 Å². The highest BCUT2D eigenvalue weighted by atomic mass is 32.2. The molecule has 0 radical (unpaired) electrons. The molecule has 2 nitrogen and oxygen atoms in total. The Hall–Kier alpha value is -0.180. The average Bonchev–Trinajstić information content (AvgIpc) is 2.00. The molecule has 0 amide bonds. The number of hydrogen-bond acceptors (Lipinski definition) is 2. The van der Waals surface area contributed by atoms with E-state index in [1.54, 1.807) is 0 Å². The van der Waals surface area contributed by atoms with Crippen molar-refractivity contribution in [2.45, 2.75) is 27.2 Å². The van der Waals surface area contributed by atoms with Crippen molar-refractivity contribution in [3.8, 4) is 0 Å². The number of aliphatic imine (C=N–C) groups is 1. The molecule has 0 heterocycles. The summed E-state index contributed by atoms with van der Waals surface area (Å²) in [7, 11) is 0. The molecule has 0 atom stereocenters. The Bertz CT molecular complexity index is 132. The maximum Gasteiger partial charge on any atom is 0.104 e. The van der Waals surface area contributed by atoms with Crippen molar-refractivity contribution < 1.29 is 0 Å². The molecule has 0 saturated carbocycles. The van der Waals surface area contributed by atoms with E-state index in [1.165, 1.54) is 5.75 Å². The van der Waals surface area contributed by atoms with Crippen LogP contribution in [0.3, 0.4) is 0 Å².